The summed E-state index contributed by atoms with van der Waals surface area (Å²) < 4.78 is 3.09. The predicted octanol–water partition coefficient (Wildman–Crippen LogP) is 2.44. The molecule has 108 valence electrons. The van der Waals surface area contributed by atoms with Gasteiger partial charge in [-0.1, -0.05) is 17.3 Å². The van der Waals surface area contributed by atoms with Crippen LogP contribution in [0.15, 0.2) is 30.5 Å². The summed E-state index contributed by atoms with van der Waals surface area (Å²) in [7, 11) is 0. The molecule has 1 saturated carbocycles. The van der Waals surface area contributed by atoms with Crippen molar-refractivity contribution in [2.75, 3.05) is 6.54 Å². The Bertz CT molecular complexity index is 710. The summed E-state index contributed by atoms with van der Waals surface area (Å²) in [5.41, 5.74) is 2.06. The van der Waals surface area contributed by atoms with Gasteiger partial charge in [0.15, 0.2) is 0 Å². The molecule has 1 fully saturated rings. The number of benzene rings is 1. The van der Waals surface area contributed by atoms with Gasteiger partial charge in [-0.05, 0) is 37.4 Å². The van der Waals surface area contributed by atoms with Gasteiger partial charge in [-0.15, -0.1) is 16.4 Å². The van der Waals surface area contributed by atoms with Gasteiger partial charge in [-0.25, -0.2) is 9.67 Å². The Labute approximate surface area is 127 Å². The summed E-state index contributed by atoms with van der Waals surface area (Å²) in [5.74, 6) is 0.891. The highest BCUT2D eigenvalue weighted by molar-refractivity contribution is 7.18. The molecule has 1 aliphatic rings. The van der Waals surface area contributed by atoms with E-state index in [0.29, 0.717) is 6.54 Å². The molecule has 6 heteroatoms. The zero-order valence-electron chi connectivity index (χ0n) is 11.7. The fraction of sp³-hybridized carbons (Fsp3) is 0.400. The molecule has 2 heterocycles. The summed E-state index contributed by atoms with van der Waals surface area (Å²) in [6.07, 6.45) is 4.75. The van der Waals surface area contributed by atoms with Gasteiger partial charge in [-0.2, -0.15) is 0 Å². The maximum absolute atomic E-state index is 4.63. The topological polar surface area (TPSA) is 55.6 Å². The molecule has 1 N–H and O–H groups in total. The zero-order valence-corrected chi connectivity index (χ0v) is 12.5. The molecule has 5 nitrogen and oxygen atoms in total. The molecule has 3 aromatic rings. The number of hydrogen-bond acceptors (Lipinski definition) is 5. The molecule has 0 radical (unpaired) electrons. The molecule has 0 amide bonds. The first-order chi connectivity index (χ1) is 10.4. The summed E-state index contributed by atoms with van der Waals surface area (Å²) in [4.78, 5) is 4.63. The van der Waals surface area contributed by atoms with Gasteiger partial charge in [0.05, 0.1) is 28.7 Å². The highest BCUT2D eigenvalue weighted by Gasteiger charge is 2.20. The molecule has 4 rings (SSSR count). The van der Waals surface area contributed by atoms with Crippen LogP contribution in [0.2, 0.25) is 0 Å². The van der Waals surface area contributed by atoms with E-state index in [1.54, 1.807) is 11.3 Å². The predicted molar refractivity (Wildman–Crippen MR) is 83.2 cm³/mol. The first-order valence-electron chi connectivity index (χ1n) is 7.31. The second-order valence-corrected chi connectivity index (χ2v) is 6.67. The Hall–Kier alpha value is -1.79. The van der Waals surface area contributed by atoms with Crippen LogP contribution in [0.5, 0.6) is 0 Å². The van der Waals surface area contributed by atoms with E-state index in [-0.39, 0.29) is 0 Å². The minimum absolute atomic E-state index is 0.689. The molecule has 0 unspecified atom stereocenters. The molecule has 1 aliphatic carbocycles. The molecular weight excluding hydrogens is 282 g/mol. The highest BCUT2D eigenvalue weighted by atomic mass is 32.1. The van der Waals surface area contributed by atoms with Gasteiger partial charge in [-0.3, -0.25) is 0 Å². The van der Waals surface area contributed by atoms with E-state index in [0.717, 1.165) is 35.2 Å². The molecule has 0 saturated heterocycles. The quantitative estimate of drug-likeness (QED) is 0.759. The van der Waals surface area contributed by atoms with Crippen molar-refractivity contribution < 1.29 is 0 Å². The van der Waals surface area contributed by atoms with Crippen molar-refractivity contribution in [2.24, 2.45) is 5.92 Å². The maximum Gasteiger partial charge on any atom is 0.115 e. The van der Waals surface area contributed by atoms with E-state index in [1.165, 1.54) is 17.5 Å². The second-order valence-electron chi connectivity index (χ2n) is 5.56. The molecule has 0 spiro atoms. The fourth-order valence-electron chi connectivity index (χ4n) is 2.35. The molecule has 0 aliphatic heterocycles. The third-order valence-corrected chi connectivity index (χ3v) is 4.68. The lowest BCUT2D eigenvalue weighted by atomic mass is 10.3. The fourth-order valence-corrected chi connectivity index (χ4v) is 3.31. The van der Waals surface area contributed by atoms with E-state index in [2.05, 4.69) is 26.7 Å². The van der Waals surface area contributed by atoms with Crippen LogP contribution in [0, 0.1) is 5.92 Å². The Morgan fingerprint density at radius 3 is 3.05 bits per heavy atom. The standard InChI is InChI=1S/C15H17N5S/c1-2-4-14-13(3-1)17-15(21-14)10-20-9-12(18-19-20)8-16-7-11-5-6-11/h1-4,9,11,16H,5-8,10H2. The van der Waals surface area contributed by atoms with Gasteiger partial charge in [0.1, 0.15) is 5.01 Å². The van der Waals surface area contributed by atoms with Crippen molar-refractivity contribution in [3.63, 3.8) is 0 Å². The van der Waals surface area contributed by atoms with Crippen molar-refractivity contribution in [3.8, 4) is 0 Å². The van der Waals surface area contributed by atoms with E-state index < -0.39 is 0 Å². The van der Waals surface area contributed by atoms with Crippen LogP contribution in [0.1, 0.15) is 23.5 Å². The van der Waals surface area contributed by atoms with Crippen LogP contribution in [-0.4, -0.2) is 26.5 Å². The monoisotopic (exact) mass is 299 g/mol. The first kappa shape index (κ1) is 12.9. The minimum atomic E-state index is 0.689. The van der Waals surface area contributed by atoms with Crippen LogP contribution < -0.4 is 5.32 Å². The van der Waals surface area contributed by atoms with Crippen molar-refractivity contribution in [2.45, 2.75) is 25.9 Å². The van der Waals surface area contributed by atoms with Gasteiger partial charge < -0.3 is 5.32 Å². The van der Waals surface area contributed by atoms with Crippen molar-refractivity contribution in [1.82, 2.24) is 25.3 Å². The third kappa shape index (κ3) is 3.11. The number of para-hydroxylation sites is 1. The summed E-state index contributed by atoms with van der Waals surface area (Å²) in [5, 5.41) is 12.9. The Balaban J connectivity index is 1.40. The zero-order chi connectivity index (χ0) is 14.1. The van der Waals surface area contributed by atoms with Crippen molar-refractivity contribution in [3.05, 3.63) is 41.2 Å². The summed E-state index contributed by atoms with van der Waals surface area (Å²) in [6.45, 7) is 2.59. The van der Waals surface area contributed by atoms with Gasteiger partial charge >= 0.3 is 0 Å². The van der Waals surface area contributed by atoms with Crippen molar-refractivity contribution >= 4 is 21.6 Å². The van der Waals surface area contributed by atoms with E-state index in [1.807, 2.05) is 29.1 Å². The summed E-state index contributed by atoms with van der Waals surface area (Å²) >= 11 is 1.72. The molecule has 0 bridgehead atoms. The Morgan fingerprint density at radius 1 is 1.29 bits per heavy atom. The van der Waals surface area contributed by atoms with Gasteiger partial charge in [0.2, 0.25) is 0 Å². The van der Waals surface area contributed by atoms with E-state index in [4.69, 9.17) is 0 Å². The number of nitrogens with one attached hydrogen (secondary N) is 1. The number of hydrogen-bond donors (Lipinski definition) is 1. The number of rotatable bonds is 6. The van der Waals surface area contributed by atoms with Gasteiger partial charge in [0.25, 0.3) is 0 Å². The van der Waals surface area contributed by atoms with Crippen molar-refractivity contribution in [1.29, 1.82) is 0 Å². The van der Waals surface area contributed by atoms with Crippen LogP contribution in [0.3, 0.4) is 0 Å². The second kappa shape index (κ2) is 5.54. The number of aromatic nitrogens is 4. The minimum Gasteiger partial charge on any atom is -0.311 e. The number of thiazole rings is 1. The third-order valence-electron chi connectivity index (χ3n) is 3.66. The van der Waals surface area contributed by atoms with Crippen LogP contribution in [0.4, 0.5) is 0 Å². The lowest BCUT2D eigenvalue weighted by Crippen LogP contribution is -2.16. The number of fused-ring (bicyclic) bond motifs is 1. The van der Waals surface area contributed by atoms with Crippen LogP contribution in [0.25, 0.3) is 10.2 Å². The highest BCUT2D eigenvalue weighted by Crippen LogP contribution is 2.27. The molecule has 1 aromatic carbocycles. The normalized spacial score (nSPS) is 14.9. The molecule has 2 aromatic heterocycles. The van der Waals surface area contributed by atoms with E-state index >= 15 is 0 Å². The first-order valence-corrected chi connectivity index (χ1v) is 8.12. The average molecular weight is 299 g/mol. The van der Waals surface area contributed by atoms with E-state index in [9.17, 15) is 0 Å². The lowest BCUT2D eigenvalue weighted by Gasteiger charge is -1.98. The molecule has 21 heavy (non-hydrogen) atoms. The Kier molecular flexibility index (Phi) is 3.40. The smallest absolute Gasteiger partial charge is 0.115 e. The Morgan fingerprint density at radius 2 is 2.19 bits per heavy atom. The molecule has 0 atom stereocenters. The number of nitrogens with zero attached hydrogens (tertiary/aromatic N) is 4. The average Bonchev–Trinajstić information content (AvgIpc) is 3.06. The SMILES string of the molecule is c1ccc2sc(Cn3cc(CNCC4CC4)nn3)nc2c1. The largest absolute Gasteiger partial charge is 0.311 e. The molecular formula is C15H17N5S. The van der Waals surface area contributed by atoms with Crippen LogP contribution >= 0.6 is 11.3 Å². The maximum atomic E-state index is 4.63. The van der Waals surface area contributed by atoms with Crippen LogP contribution in [-0.2, 0) is 13.1 Å². The van der Waals surface area contributed by atoms with Gasteiger partial charge in [0, 0.05) is 6.54 Å². The lowest BCUT2D eigenvalue weighted by molar-refractivity contribution is 0.626. The summed E-state index contributed by atoms with van der Waals surface area (Å²) in [6, 6.07) is 8.21.